The van der Waals surface area contributed by atoms with Gasteiger partial charge in [-0.05, 0) is 32.9 Å². The summed E-state index contributed by atoms with van der Waals surface area (Å²) in [4.78, 5) is 0. The zero-order valence-electron chi connectivity index (χ0n) is 16.8. The molecule has 0 aliphatic rings. The molecule has 1 aromatic carbocycles. The first-order chi connectivity index (χ1) is 10.5. The molecule has 0 fully saturated rings. The van der Waals surface area contributed by atoms with Gasteiger partial charge in [0.25, 0.3) is 0 Å². The maximum Gasteiger partial charge on any atom is 0.0838 e. The van der Waals surface area contributed by atoms with Gasteiger partial charge >= 0.3 is 0 Å². The van der Waals surface area contributed by atoms with Crippen LogP contribution in [0.3, 0.4) is 0 Å². The van der Waals surface area contributed by atoms with E-state index in [1.807, 2.05) is 80.5 Å². The summed E-state index contributed by atoms with van der Waals surface area (Å²) in [6, 6.07) is 5.60. The van der Waals surface area contributed by atoms with Gasteiger partial charge in [0.15, 0.2) is 0 Å². The summed E-state index contributed by atoms with van der Waals surface area (Å²) < 4.78 is 0. The molecule has 0 spiro atoms. The average molecular weight is 337 g/mol. The third-order valence-electron chi connectivity index (χ3n) is 4.41. The van der Waals surface area contributed by atoms with Gasteiger partial charge in [0.2, 0.25) is 0 Å². The van der Waals surface area contributed by atoms with E-state index in [-0.39, 0.29) is 16.2 Å². The fourth-order valence-electron chi connectivity index (χ4n) is 2.68. The lowest BCUT2D eigenvalue weighted by atomic mass is 9.78. The smallest absolute Gasteiger partial charge is 0.0838 e. The molecular formula is C21H36O3. The molecule has 0 heterocycles. The van der Waals surface area contributed by atoms with Crippen LogP contribution in [-0.4, -0.2) is 15.3 Å². The zero-order valence-corrected chi connectivity index (χ0v) is 16.8. The molecule has 138 valence electrons. The van der Waals surface area contributed by atoms with Crippen molar-refractivity contribution in [3.63, 3.8) is 0 Å². The Morgan fingerprint density at radius 2 is 0.667 bits per heavy atom. The Labute approximate surface area is 147 Å². The molecule has 3 atom stereocenters. The van der Waals surface area contributed by atoms with E-state index in [0.29, 0.717) is 0 Å². The lowest BCUT2D eigenvalue weighted by Gasteiger charge is -2.32. The van der Waals surface area contributed by atoms with Crippen LogP contribution in [0.5, 0.6) is 0 Å². The van der Waals surface area contributed by atoms with Gasteiger partial charge in [0.1, 0.15) is 0 Å². The number of aliphatic hydroxyl groups excluding tert-OH is 3. The molecule has 3 unspecified atom stereocenters. The van der Waals surface area contributed by atoms with Crippen molar-refractivity contribution in [1.29, 1.82) is 0 Å². The highest BCUT2D eigenvalue weighted by Crippen LogP contribution is 2.41. The van der Waals surface area contributed by atoms with E-state index < -0.39 is 18.3 Å². The molecule has 0 bridgehead atoms. The van der Waals surface area contributed by atoms with Crippen molar-refractivity contribution in [2.24, 2.45) is 16.2 Å². The van der Waals surface area contributed by atoms with Crippen molar-refractivity contribution < 1.29 is 15.3 Å². The number of hydrogen-bond acceptors (Lipinski definition) is 3. The third-order valence-corrected chi connectivity index (χ3v) is 4.41. The molecule has 1 aromatic rings. The summed E-state index contributed by atoms with van der Waals surface area (Å²) in [7, 11) is 0. The Kier molecular flexibility index (Phi) is 5.97. The standard InChI is InChI=1S/C21H36O3/c1-19(2,3)16(22)13-10-14(17(23)20(4,5)6)12-15(11-13)18(24)21(7,8)9/h10-12,16-18,22-24H,1-9H3. The van der Waals surface area contributed by atoms with E-state index in [4.69, 9.17) is 0 Å². The maximum atomic E-state index is 10.7. The van der Waals surface area contributed by atoms with E-state index in [9.17, 15) is 15.3 Å². The van der Waals surface area contributed by atoms with Crippen LogP contribution in [0, 0.1) is 16.2 Å². The molecule has 0 aromatic heterocycles. The van der Waals surface area contributed by atoms with Gasteiger partial charge in [-0.3, -0.25) is 0 Å². The van der Waals surface area contributed by atoms with Crippen molar-refractivity contribution in [3.8, 4) is 0 Å². The van der Waals surface area contributed by atoms with Crippen LogP contribution >= 0.6 is 0 Å². The van der Waals surface area contributed by atoms with Crippen molar-refractivity contribution in [2.75, 3.05) is 0 Å². The van der Waals surface area contributed by atoms with Crippen LogP contribution in [0.2, 0.25) is 0 Å². The molecule has 3 nitrogen and oxygen atoms in total. The highest BCUT2D eigenvalue weighted by atomic mass is 16.3. The third kappa shape index (κ3) is 5.05. The first-order valence-corrected chi connectivity index (χ1v) is 8.74. The Bertz CT molecular complexity index is 463. The summed E-state index contributed by atoms with van der Waals surface area (Å²) in [5.74, 6) is 0. The molecule has 0 radical (unpaired) electrons. The summed E-state index contributed by atoms with van der Waals surface area (Å²) >= 11 is 0. The molecule has 0 saturated carbocycles. The van der Waals surface area contributed by atoms with Gasteiger partial charge in [0, 0.05) is 0 Å². The minimum atomic E-state index is -0.671. The van der Waals surface area contributed by atoms with E-state index in [1.165, 1.54) is 0 Å². The molecule has 0 aliphatic heterocycles. The summed E-state index contributed by atoms with van der Waals surface area (Å²) in [6.45, 7) is 17.8. The fourth-order valence-corrected chi connectivity index (χ4v) is 2.68. The van der Waals surface area contributed by atoms with E-state index in [0.717, 1.165) is 16.7 Å². The van der Waals surface area contributed by atoms with E-state index in [1.54, 1.807) is 0 Å². The molecule has 3 heteroatoms. The Morgan fingerprint density at radius 1 is 0.500 bits per heavy atom. The first-order valence-electron chi connectivity index (χ1n) is 8.74. The molecule has 0 aliphatic carbocycles. The predicted molar refractivity (Wildman–Crippen MR) is 99.7 cm³/mol. The molecule has 3 N–H and O–H groups in total. The monoisotopic (exact) mass is 336 g/mol. The highest BCUT2D eigenvalue weighted by molar-refractivity contribution is 5.35. The summed E-state index contributed by atoms with van der Waals surface area (Å²) in [5, 5.41) is 32.1. The van der Waals surface area contributed by atoms with Gasteiger partial charge in [-0.2, -0.15) is 0 Å². The molecule has 0 saturated heterocycles. The largest absolute Gasteiger partial charge is 0.388 e. The van der Waals surface area contributed by atoms with Crippen LogP contribution in [0.4, 0.5) is 0 Å². The lowest BCUT2D eigenvalue weighted by molar-refractivity contribution is 0.0510. The van der Waals surface area contributed by atoms with Crippen LogP contribution < -0.4 is 0 Å². The fraction of sp³-hybridized carbons (Fsp3) is 0.714. The van der Waals surface area contributed by atoms with Gasteiger partial charge in [-0.25, -0.2) is 0 Å². The van der Waals surface area contributed by atoms with Gasteiger partial charge in [-0.1, -0.05) is 80.5 Å². The van der Waals surface area contributed by atoms with Crippen LogP contribution in [-0.2, 0) is 0 Å². The quantitative estimate of drug-likeness (QED) is 0.734. The van der Waals surface area contributed by atoms with E-state index >= 15 is 0 Å². The number of rotatable bonds is 3. The van der Waals surface area contributed by atoms with E-state index in [2.05, 4.69) is 0 Å². The highest BCUT2D eigenvalue weighted by Gasteiger charge is 2.31. The minimum Gasteiger partial charge on any atom is -0.388 e. The Morgan fingerprint density at radius 3 is 0.792 bits per heavy atom. The Hall–Kier alpha value is -0.900. The van der Waals surface area contributed by atoms with Crippen molar-refractivity contribution in [3.05, 3.63) is 34.9 Å². The minimum absolute atomic E-state index is 0.324. The van der Waals surface area contributed by atoms with Crippen molar-refractivity contribution >= 4 is 0 Å². The molecule has 1 rings (SSSR count). The van der Waals surface area contributed by atoms with Crippen LogP contribution in [0.15, 0.2) is 18.2 Å². The van der Waals surface area contributed by atoms with Crippen molar-refractivity contribution in [2.45, 2.75) is 80.6 Å². The number of benzene rings is 1. The normalized spacial score (nSPS) is 17.5. The average Bonchev–Trinajstić information content (AvgIpc) is 2.41. The second-order valence-electron chi connectivity index (χ2n) is 10.2. The molecular weight excluding hydrogens is 300 g/mol. The number of hydrogen-bond donors (Lipinski definition) is 3. The predicted octanol–water partition coefficient (Wildman–Crippen LogP) is 4.93. The number of aliphatic hydroxyl groups is 3. The topological polar surface area (TPSA) is 60.7 Å². The summed E-state index contributed by atoms with van der Waals surface area (Å²) in [5.41, 5.74) is 1.24. The van der Waals surface area contributed by atoms with Gasteiger partial charge < -0.3 is 15.3 Å². The second-order valence-corrected chi connectivity index (χ2v) is 10.2. The lowest BCUT2D eigenvalue weighted by Crippen LogP contribution is -2.23. The zero-order chi connectivity index (χ0) is 19.1. The van der Waals surface area contributed by atoms with Crippen LogP contribution in [0.25, 0.3) is 0 Å². The summed E-state index contributed by atoms with van der Waals surface area (Å²) in [6.07, 6.45) is -2.01. The van der Waals surface area contributed by atoms with Gasteiger partial charge in [-0.15, -0.1) is 0 Å². The first kappa shape index (κ1) is 21.1. The van der Waals surface area contributed by atoms with Crippen molar-refractivity contribution in [1.82, 2.24) is 0 Å². The Balaban J connectivity index is 3.51. The molecule has 0 amide bonds. The van der Waals surface area contributed by atoms with Crippen LogP contribution in [0.1, 0.15) is 97.3 Å². The SMILES string of the molecule is CC(C)(C)C(O)c1cc(C(O)C(C)(C)C)cc(C(O)C(C)(C)C)c1. The van der Waals surface area contributed by atoms with Gasteiger partial charge in [0.05, 0.1) is 18.3 Å². The molecule has 24 heavy (non-hydrogen) atoms. The second kappa shape index (κ2) is 6.78. The maximum absolute atomic E-state index is 10.7.